The number of benzene rings is 1. The zero-order chi connectivity index (χ0) is 14.6. The van der Waals surface area contributed by atoms with Crippen LogP contribution < -0.4 is 58.0 Å². The number of nitrogens with zero attached hydrogens (tertiary/aromatic N) is 1. The standard InChI is InChI=1S/C14H20NO4.2ClH.Li.Mg/c1-14(2,3)19-13(16)15(4)10-8-7-9-11(17-5)12(10)18-6;;;;/h7,9H,1-6H3;2*1H;;/q-1;;;+1;+2/p-2. The molecular weight excluding hydrogens is 348 g/mol. The average Bonchev–Trinajstić information content (AvgIpc) is 2.34. The molecule has 0 unspecified atom stereocenters. The number of carbonyl (C=O) groups is 1. The van der Waals surface area contributed by atoms with Gasteiger partial charge < -0.3 is 43.9 Å². The van der Waals surface area contributed by atoms with E-state index in [0.717, 1.165) is 0 Å². The number of ether oxygens (including phenoxy) is 3. The number of carbonyl (C=O) groups excluding carboxylic acids is 1. The quantitative estimate of drug-likeness (QED) is 0.393. The minimum Gasteiger partial charge on any atom is -1.00 e. The Hall–Kier alpha value is 0.0336. The van der Waals surface area contributed by atoms with Gasteiger partial charge in [0.05, 0.1) is 25.7 Å². The van der Waals surface area contributed by atoms with Gasteiger partial charge in [-0.2, -0.15) is 12.1 Å². The van der Waals surface area contributed by atoms with E-state index in [-0.39, 0.29) is 66.7 Å². The summed E-state index contributed by atoms with van der Waals surface area (Å²) >= 11 is 0. The molecule has 9 heteroatoms. The van der Waals surface area contributed by atoms with Gasteiger partial charge in [-0.3, -0.25) is 0 Å². The monoisotopic (exact) mass is 367 g/mol. The predicted octanol–water partition coefficient (Wildman–Crippen LogP) is -6.49. The Balaban J connectivity index is -0.000000451. The summed E-state index contributed by atoms with van der Waals surface area (Å²) in [6.45, 7) is 5.43. The molecule has 5 nitrogen and oxygen atoms in total. The molecule has 0 fully saturated rings. The van der Waals surface area contributed by atoms with E-state index in [4.69, 9.17) is 14.2 Å². The molecule has 0 aromatic heterocycles. The second-order valence-electron chi connectivity index (χ2n) is 4.97. The minimum absolute atomic E-state index is 0. The van der Waals surface area contributed by atoms with Gasteiger partial charge in [0.2, 0.25) is 0 Å². The Kier molecular flexibility index (Phi) is 17.9. The second-order valence-corrected chi connectivity index (χ2v) is 4.97. The molecule has 0 bridgehead atoms. The van der Waals surface area contributed by atoms with Gasteiger partial charge >= 0.3 is 48.0 Å². The Labute approximate surface area is 178 Å². The molecule has 1 aromatic rings. The van der Waals surface area contributed by atoms with Crippen LogP contribution in [0.25, 0.3) is 0 Å². The molecule has 0 saturated carbocycles. The number of hydrogen-bond acceptors (Lipinski definition) is 4. The molecule has 0 spiro atoms. The molecule has 122 valence electrons. The van der Waals surface area contributed by atoms with E-state index in [1.165, 1.54) is 19.1 Å². The Bertz CT molecular complexity index is 473. The fourth-order valence-corrected chi connectivity index (χ4v) is 1.48. The van der Waals surface area contributed by atoms with Crippen molar-refractivity contribution in [3.63, 3.8) is 0 Å². The van der Waals surface area contributed by atoms with Crippen LogP contribution in [0.15, 0.2) is 12.1 Å². The van der Waals surface area contributed by atoms with Crippen LogP contribution in [-0.2, 0) is 4.74 Å². The Morgan fingerprint density at radius 3 is 2.09 bits per heavy atom. The van der Waals surface area contributed by atoms with Gasteiger partial charge in [-0.1, -0.05) is 0 Å². The van der Waals surface area contributed by atoms with E-state index < -0.39 is 11.7 Å². The van der Waals surface area contributed by atoms with Crippen LogP contribution in [0.2, 0.25) is 0 Å². The Morgan fingerprint density at radius 1 is 1.17 bits per heavy atom. The van der Waals surface area contributed by atoms with E-state index in [9.17, 15) is 4.79 Å². The summed E-state index contributed by atoms with van der Waals surface area (Å²) in [5.74, 6) is 0.977. The van der Waals surface area contributed by atoms with Crippen molar-refractivity contribution in [3.8, 4) is 11.5 Å². The smallest absolute Gasteiger partial charge is 1.00 e. The molecule has 1 rings (SSSR count). The van der Waals surface area contributed by atoms with Crippen molar-refractivity contribution >= 4 is 34.8 Å². The third-order valence-electron chi connectivity index (χ3n) is 2.32. The van der Waals surface area contributed by atoms with Crippen molar-refractivity contribution in [2.45, 2.75) is 26.4 Å². The van der Waals surface area contributed by atoms with Gasteiger partial charge in [0.25, 0.3) is 0 Å². The fourth-order valence-electron chi connectivity index (χ4n) is 1.48. The van der Waals surface area contributed by atoms with E-state index in [1.807, 2.05) is 20.8 Å². The summed E-state index contributed by atoms with van der Waals surface area (Å²) < 4.78 is 15.7. The molecule has 1 aromatic carbocycles. The third-order valence-corrected chi connectivity index (χ3v) is 2.32. The van der Waals surface area contributed by atoms with Crippen molar-refractivity contribution in [1.29, 1.82) is 0 Å². The van der Waals surface area contributed by atoms with Crippen molar-refractivity contribution in [2.75, 3.05) is 26.2 Å². The second kappa shape index (κ2) is 13.3. The van der Waals surface area contributed by atoms with Gasteiger partial charge in [0, 0.05) is 7.05 Å². The van der Waals surface area contributed by atoms with Crippen molar-refractivity contribution in [3.05, 3.63) is 18.2 Å². The van der Waals surface area contributed by atoms with Gasteiger partial charge in [0.1, 0.15) is 5.60 Å². The average molecular weight is 368 g/mol. The number of methoxy groups -OCH3 is 2. The molecule has 0 aliphatic rings. The maximum absolute atomic E-state index is 12.0. The van der Waals surface area contributed by atoms with Crippen LogP contribution in [0.5, 0.6) is 11.5 Å². The first-order chi connectivity index (χ1) is 8.80. The van der Waals surface area contributed by atoms with Crippen molar-refractivity contribution in [2.24, 2.45) is 0 Å². The van der Waals surface area contributed by atoms with E-state index in [2.05, 4.69) is 6.07 Å². The summed E-state index contributed by atoms with van der Waals surface area (Å²) in [5.41, 5.74) is -0.0895. The fraction of sp³-hybridized carbons (Fsp3) is 0.500. The van der Waals surface area contributed by atoms with Crippen LogP contribution in [0.4, 0.5) is 10.5 Å². The van der Waals surface area contributed by atoms with Gasteiger partial charge in [-0.15, -0.1) is 6.07 Å². The van der Waals surface area contributed by atoms with E-state index >= 15 is 0 Å². The van der Waals surface area contributed by atoms with Crippen LogP contribution in [-0.4, -0.2) is 56.0 Å². The van der Waals surface area contributed by atoms with Crippen LogP contribution in [0, 0.1) is 6.07 Å². The molecular formula is C14H20Cl2LiMgNO4. The Morgan fingerprint density at radius 2 is 1.70 bits per heavy atom. The molecule has 1 amide bonds. The molecule has 0 radical (unpaired) electrons. The molecule has 23 heavy (non-hydrogen) atoms. The number of hydrogen-bond donors (Lipinski definition) is 0. The van der Waals surface area contributed by atoms with Gasteiger partial charge in [-0.05, 0) is 26.5 Å². The summed E-state index contributed by atoms with van der Waals surface area (Å²) in [6.07, 6.45) is -0.477. The third kappa shape index (κ3) is 9.18. The molecule has 0 aliphatic carbocycles. The molecule has 0 N–H and O–H groups in total. The van der Waals surface area contributed by atoms with E-state index in [1.54, 1.807) is 19.2 Å². The summed E-state index contributed by atoms with van der Waals surface area (Å²) in [6, 6.07) is 6.33. The van der Waals surface area contributed by atoms with Gasteiger partial charge in [-0.25, -0.2) is 4.79 Å². The van der Waals surface area contributed by atoms with Crippen molar-refractivity contribution in [1.82, 2.24) is 0 Å². The largest absolute Gasteiger partial charge is 2.00 e. The van der Waals surface area contributed by atoms with E-state index in [0.29, 0.717) is 17.2 Å². The zero-order valence-corrected chi connectivity index (χ0v) is 17.6. The summed E-state index contributed by atoms with van der Waals surface area (Å²) in [5, 5.41) is 0. The van der Waals surface area contributed by atoms with Crippen molar-refractivity contribution < 1.29 is 62.7 Å². The maximum atomic E-state index is 12.0. The van der Waals surface area contributed by atoms with Gasteiger partial charge in [0.15, 0.2) is 0 Å². The molecule has 0 atom stereocenters. The molecule has 0 aliphatic heterocycles. The summed E-state index contributed by atoms with van der Waals surface area (Å²) in [4.78, 5) is 13.4. The first-order valence-electron chi connectivity index (χ1n) is 5.89. The summed E-state index contributed by atoms with van der Waals surface area (Å²) in [7, 11) is 4.65. The topological polar surface area (TPSA) is 48.0 Å². The first-order valence-corrected chi connectivity index (χ1v) is 5.89. The number of rotatable bonds is 3. The minimum atomic E-state index is -0.558. The predicted molar refractivity (Wildman–Crippen MR) is 78.8 cm³/mol. The maximum Gasteiger partial charge on any atom is 2.00 e. The SMILES string of the molecule is COc1cc[c-]c(N(C)C(=O)OC(C)(C)C)c1OC.[Cl-].[Cl-].[Li+].[Mg+2]. The normalized spacial score (nSPS) is 8.96. The number of amides is 1. The molecule has 0 heterocycles. The zero-order valence-electron chi connectivity index (χ0n) is 14.7. The number of anilines is 1. The number of halogens is 2. The van der Waals surface area contributed by atoms with Crippen LogP contribution in [0.1, 0.15) is 20.8 Å². The molecule has 0 saturated heterocycles. The van der Waals surface area contributed by atoms with Crippen LogP contribution >= 0.6 is 0 Å². The van der Waals surface area contributed by atoms with Crippen LogP contribution in [0.3, 0.4) is 0 Å². The first kappa shape index (κ1) is 30.9.